The summed E-state index contributed by atoms with van der Waals surface area (Å²) in [6.45, 7) is 0. The van der Waals surface area contributed by atoms with Gasteiger partial charge in [0.25, 0.3) is 0 Å². The molecule has 0 saturated heterocycles. The van der Waals surface area contributed by atoms with Crippen molar-refractivity contribution in [1.29, 1.82) is 0 Å². The first-order valence-electron chi connectivity index (χ1n) is 26.9. The molecule has 80 heavy (non-hydrogen) atoms. The van der Waals surface area contributed by atoms with E-state index in [-0.39, 0.29) is 0 Å². The Hall–Kier alpha value is -10.5. The molecule has 0 bridgehead atoms. The molecule has 0 unspecified atom stereocenters. The van der Waals surface area contributed by atoms with Crippen LogP contribution in [-0.2, 0) is 0 Å². The van der Waals surface area contributed by atoms with E-state index < -0.39 is 8.07 Å². The van der Waals surface area contributed by atoms with Crippen LogP contribution >= 0.6 is 0 Å². The molecule has 0 fully saturated rings. The van der Waals surface area contributed by atoms with Crippen molar-refractivity contribution in [2.75, 3.05) is 0 Å². The van der Waals surface area contributed by atoms with Crippen LogP contribution in [-0.4, -0.2) is 42.5 Å². The summed E-state index contributed by atoms with van der Waals surface area (Å²) in [5.41, 5.74) is 10.5. The Morgan fingerprint density at radius 3 is 1.05 bits per heavy atom. The molecule has 0 N–H and O–H groups in total. The number of para-hydroxylation sites is 1. The number of fused-ring (bicyclic) bond motifs is 3. The topological polar surface area (TPSA) is 82.3 Å². The maximum atomic E-state index is 5.35. The highest BCUT2D eigenvalue weighted by Gasteiger charge is 2.41. The molecule has 0 aliphatic rings. The predicted molar refractivity (Wildman–Crippen MR) is 329 cm³/mol. The van der Waals surface area contributed by atoms with Gasteiger partial charge in [0, 0.05) is 44.2 Å². The second kappa shape index (κ2) is 20.8. The molecule has 0 atom stereocenters. The Labute approximate surface area is 465 Å². The number of hydrogen-bond acceptors (Lipinski definition) is 6. The zero-order valence-corrected chi connectivity index (χ0v) is 44.4. The van der Waals surface area contributed by atoms with Gasteiger partial charge < -0.3 is 4.57 Å². The van der Waals surface area contributed by atoms with Crippen molar-refractivity contribution >= 4 is 50.6 Å². The molecule has 8 heteroatoms. The van der Waals surface area contributed by atoms with Gasteiger partial charge in [0.15, 0.2) is 43.0 Å². The minimum Gasteiger partial charge on any atom is -0.308 e. The fraction of sp³-hybridized carbons (Fsp3) is 0. The Bertz CT molecular complexity index is 4290. The van der Waals surface area contributed by atoms with E-state index in [0.717, 1.165) is 72.0 Å². The monoisotopic (exact) mass is 1040 g/mol. The third-order valence-corrected chi connectivity index (χ3v) is 19.8. The first-order chi connectivity index (χ1) is 39.7. The molecular formula is C72H49N7Si. The van der Waals surface area contributed by atoms with Crippen LogP contribution in [0.1, 0.15) is 0 Å². The van der Waals surface area contributed by atoms with E-state index in [2.05, 4.69) is 205 Å². The highest BCUT2D eigenvalue weighted by Crippen LogP contribution is 2.40. The second-order valence-electron chi connectivity index (χ2n) is 19.8. The van der Waals surface area contributed by atoms with Crippen molar-refractivity contribution in [3.8, 4) is 85.1 Å². The lowest BCUT2D eigenvalue weighted by Crippen LogP contribution is -2.74. The van der Waals surface area contributed by atoms with E-state index in [1.807, 2.05) is 97.1 Å². The van der Waals surface area contributed by atoms with E-state index in [1.54, 1.807) is 0 Å². The van der Waals surface area contributed by atoms with Gasteiger partial charge >= 0.3 is 0 Å². The Balaban J connectivity index is 1.01. The Kier molecular flexibility index (Phi) is 12.4. The summed E-state index contributed by atoms with van der Waals surface area (Å²) < 4.78 is 2.38. The van der Waals surface area contributed by atoms with Gasteiger partial charge in [-0.05, 0) is 68.3 Å². The zero-order chi connectivity index (χ0) is 53.2. The maximum Gasteiger partial charge on any atom is 0.179 e. The van der Waals surface area contributed by atoms with E-state index in [4.69, 9.17) is 29.9 Å². The molecule has 14 aromatic rings. The van der Waals surface area contributed by atoms with Crippen molar-refractivity contribution in [2.24, 2.45) is 0 Å². The van der Waals surface area contributed by atoms with Crippen molar-refractivity contribution in [3.63, 3.8) is 0 Å². The zero-order valence-electron chi connectivity index (χ0n) is 43.4. The minimum absolute atomic E-state index is 0.561. The van der Waals surface area contributed by atoms with Crippen molar-refractivity contribution in [1.82, 2.24) is 34.5 Å². The summed E-state index contributed by atoms with van der Waals surface area (Å²) in [6, 6.07) is 105. The molecule has 0 spiro atoms. The van der Waals surface area contributed by atoms with E-state index >= 15 is 0 Å². The maximum absolute atomic E-state index is 5.35. The summed E-state index contributed by atoms with van der Waals surface area (Å²) in [7, 11) is -2.87. The van der Waals surface area contributed by atoms with Gasteiger partial charge in [-0.2, -0.15) is 0 Å². The number of rotatable bonds is 12. The minimum atomic E-state index is -2.87. The van der Waals surface area contributed by atoms with E-state index in [0.29, 0.717) is 34.9 Å². The fourth-order valence-corrected chi connectivity index (χ4v) is 16.1. The molecule has 0 amide bonds. The lowest BCUT2D eigenvalue weighted by Gasteiger charge is -2.34. The molecule has 14 rings (SSSR count). The third kappa shape index (κ3) is 8.76. The van der Waals surface area contributed by atoms with Crippen LogP contribution in [0, 0.1) is 0 Å². The summed E-state index contributed by atoms with van der Waals surface area (Å²) in [6.07, 6.45) is 0. The summed E-state index contributed by atoms with van der Waals surface area (Å²) in [5.74, 6) is 3.56. The lowest BCUT2D eigenvalue weighted by molar-refractivity contribution is 1.06. The molecule has 0 radical (unpaired) electrons. The average Bonchev–Trinajstić information content (AvgIpc) is 4.07. The molecule has 11 aromatic carbocycles. The SMILES string of the molecule is c1ccc(-c2nc(-c3ccccc3)nc(-c3ccc4c(c3)c3ccccc3n4-c3cc(-c4cccc([Si](c5ccccc5)(c5ccccc5)c5ccccc5)c4)ccc3-c3nc(-c4ccccc4)nc(-c4ccccc4)n3)n2)cc1. The first-order valence-corrected chi connectivity index (χ1v) is 28.9. The number of benzene rings is 11. The molecular weight excluding hydrogens is 991 g/mol. The highest BCUT2D eigenvalue weighted by atomic mass is 28.3. The highest BCUT2D eigenvalue weighted by molar-refractivity contribution is 7.19. The van der Waals surface area contributed by atoms with Gasteiger partial charge in [-0.1, -0.05) is 261 Å². The molecule has 3 aromatic heterocycles. The molecule has 3 heterocycles. The van der Waals surface area contributed by atoms with Gasteiger partial charge in [-0.15, -0.1) is 0 Å². The van der Waals surface area contributed by atoms with Gasteiger partial charge in [-0.25, -0.2) is 29.9 Å². The van der Waals surface area contributed by atoms with Crippen molar-refractivity contribution < 1.29 is 0 Å². The first kappa shape index (κ1) is 47.9. The smallest absolute Gasteiger partial charge is 0.179 e. The van der Waals surface area contributed by atoms with Gasteiger partial charge in [0.05, 0.1) is 16.7 Å². The largest absolute Gasteiger partial charge is 0.308 e. The van der Waals surface area contributed by atoms with Crippen LogP contribution in [0.5, 0.6) is 0 Å². The normalized spacial score (nSPS) is 11.5. The molecule has 0 saturated carbocycles. The molecule has 0 aliphatic heterocycles. The quantitative estimate of drug-likeness (QED) is 0.0896. The molecule has 0 aliphatic carbocycles. The van der Waals surface area contributed by atoms with Crippen LogP contribution < -0.4 is 20.7 Å². The predicted octanol–water partition coefficient (Wildman–Crippen LogP) is 14.2. The fourth-order valence-electron chi connectivity index (χ4n) is 11.3. The molecule has 376 valence electrons. The van der Waals surface area contributed by atoms with Crippen LogP contribution in [0.4, 0.5) is 0 Å². The van der Waals surface area contributed by atoms with Crippen molar-refractivity contribution in [3.05, 3.63) is 297 Å². The van der Waals surface area contributed by atoms with Crippen LogP contribution in [0.25, 0.3) is 107 Å². The van der Waals surface area contributed by atoms with Gasteiger partial charge in [0.1, 0.15) is 0 Å². The summed E-state index contributed by atoms with van der Waals surface area (Å²) >= 11 is 0. The third-order valence-electron chi connectivity index (χ3n) is 15.1. The number of nitrogens with zero attached hydrogens (tertiary/aromatic N) is 7. The van der Waals surface area contributed by atoms with Crippen LogP contribution in [0.2, 0.25) is 0 Å². The van der Waals surface area contributed by atoms with Gasteiger partial charge in [-0.3, -0.25) is 0 Å². The van der Waals surface area contributed by atoms with Crippen molar-refractivity contribution in [2.45, 2.75) is 0 Å². The standard InChI is InChI=1S/C72H49N7Si/c1-8-25-50(26-9-1)67-73-68(51-27-10-2-11-28-51)76-71(75-67)56-44-46-65-63(48-56)61-41-22-23-42-64(61)79(65)66-49-55(43-45-62(66)72-77-69(52-29-12-3-13-30-52)74-70(78-72)53-31-14-4-15-32-53)54-33-24-40-60(47-54)80(57-34-16-5-17-35-57,58-36-18-6-19-37-58)59-38-20-7-21-39-59/h1-49H. The Morgan fingerprint density at radius 2 is 0.575 bits per heavy atom. The number of aromatic nitrogens is 7. The van der Waals surface area contributed by atoms with Crippen LogP contribution in [0.3, 0.4) is 0 Å². The van der Waals surface area contributed by atoms with E-state index in [1.165, 1.54) is 20.7 Å². The number of hydrogen-bond donors (Lipinski definition) is 0. The lowest BCUT2D eigenvalue weighted by atomic mass is 10.0. The van der Waals surface area contributed by atoms with E-state index in [9.17, 15) is 0 Å². The second-order valence-corrected chi connectivity index (χ2v) is 23.6. The Morgan fingerprint density at radius 1 is 0.225 bits per heavy atom. The molecule has 7 nitrogen and oxygen atoms in total. The average molecular weight is 1040 g/mol. The summed E-state index contributed by atoms with van der Waals surface area (Å²) in [4.78, 5) is 31.1. The summed E-state index contributed by atoms with van der Waals surface area (Å²) in [5, 5.41) is 7.37. The van der Waals surface area contributed by atoms with Gasteiger partial charge in [0.2, 0.25) is 0 Å². The van der Waals surface area contributed by atoms with Crippen LogP contribution in [0.15, 0.2) is 297 Å².